The van der Waals surface area contributed by atoms with Crippen LogP contribution >= 0.6 is 11.6 Å². The summed E-state index contributed by atoms with van der Waals surface area (Å²) in [5, 5.41) is 6.74. The molecule has 0 spiro atoms. The molecular weight excluding hydrogens is 522 g/mol. The number of halogens is 3. The molecule has 0 saturated carbocycles. The van der Waals surface area contributed by atoms with E-state index in [4.69, 9.17) is 16.6 Å². The van der Waals surface area contributed by atoms with Crippen LogP contribution in [0.15, 0.2) is 71.9 Å². The van der Waals surface area contributed by atoms with Gasteiger partial charge >= 0.3 is 0 Å². The number of likely N-dealkylation sites (tertiary alicyclic amines) is 1. The Morgan fingerprint density at radius 3 is 2.49 bits per heavy atom. The highest BCUT2D eigenvalue weighted by Crippen LogP contribution is 2.34. The molecule has 2 aliphatic heterocycles. The fourth-order valence-corrected chi connectivity index (χ4v) is 4.93. The smallest absolute Gasteiger partial charge is 0.253 e. The largest absolute Gasteiger partial charge is 0.335 e. The van der Waals surface area contributed by atoms with Crippen molar-refractivity contribution >= 4 is 34.9 Å². The molecule has 10 heteroatoms. The Kier molecular flexibility index (Phi) is 6.54. The second kappa shape index (κ2) is 10.2. The Bertz CT molecular complexity index is 1600. The predicted molar refractivity (Wildman–Crippen MR) is 147 cm³/mol. The van der Waals surface area contributed by atoms with Crippen LogP contribution in [0.25, 0.3) is 11.3 Å². The van der Waals surface area contributed by atoms with E-state index in [1.165, 1.54) is 18.2 Å². The number of carbonyl (C=O) groups is 1. The molecule has 1 amide bonds. The zero-order chi connectivity index (χ0) is 27.1. The number of rotatable bonds is 5. The van der Waals surface area contributed by atoms with E-state index < -0.39 is 11.6 Å². The van der Waals surface area contributed by atoms with Gasteiger partial charge in [0.1, 0.15) is 11.6 Å². The molecule has 6 rings (SSSR count). The number of hydrogen-bond donors (Lipinski definition) is 2. The quantitative estimate of drug-likeness (QED) is 0.360. The van der Waals surface area contributed by atoms with Crippen molar-refractivity contribution in [1.82, 2.24) is 20.2 Å². The van der Waals surface area contributed by atoms with E-state index in [1.54, 1.807) is 53.6 Å². The molecule has 3 heterocycles. The first-order valence-electron chi connectivity index (χ1n) is 12.4. The highest BCUT2D eigenvalue weighted by Gasteiger charge is 2.30. The number of fused-ring (bicyclic) bond motifs is 3. The fourth-order valence-electron chi connectivity index (χ4n) is 4.76. The van der Waals surface area contributed by atoms with Crippen LogP contribution in [0.4, 0.5) is 20.4 Å². The SMILES string of the molecule is CNC1CN(C(=O)c2ccc(Nc3ncc4c(n3)-c3ccc(Cl)cc3C(c3c(F)cccc3F)=NC4)cc2)C1. The second-order valence-corrected chi connectivity index (χ2v) is 9.85. The van der Waals surface area contributed by atoms with Gasteiger partial charge in [-0.15, -0.1) is 0 Å². The third-order valence-electron chi connectivity index (χ3n) is 6.93. The van der Waals surface area contributed by atoms with Gasteiger partial charge in [-0.3, -0.25) is 9.79 Å². The van der Waals surface area contributed by atoms with Crippen molar-refractivity contribution in [2.45, 2.75) is 12.6 Å². The molecular formula is C29H23ClF2N6O. The molecule has 39 heavy (non-hydrogen) atoms. The summed E-state index contributed by atoms with van der Waals surface area (Å²) in [6.07, 6.45) is 1.65. The number of carbonyl (C=O) groups excluding carboxylic acids is 1. The molecule has 0 aliphatic carbocycles. The molecule has 0 bridgehead atoms. The Morgan fingerprint density at radius 2 is 1.77 bits per heavy atom. The maximum absolute atomic E-state index is 14.8. The molecule has 1 aromatic heterocycles. The normalized spacial score (nSPS) is 14.6. The van der Waals surface area contributed by atoms with Gasteiger partial charge in [0.25, 0.3) is 5.91 Å². The van der Waals surface area contributed by atoms with E-state index in [-0.39, 0.29) is 23.7 Å². The zero-order valence-electron chi connectivity index (χ0n) is 20.9. The number of aliphatic imine (C=N–C) groups is 1. The number of nitrogens with zero attached hydrogens (tertiary/aromatic N) is 4. The fraction of sp³-hybridized carbons (Fsp3) is 0.172. The van der Waals surface area contributed by atoms with Crippen molar-refractivity contribution in [1.29, 1.82) is 0 Å². The second-order valence-electron chi connectivity index (χ2n) is 9.42. The van der Waals surface area contributed by atoms with Gasteiger partial charge in [-0.05, 0) is 55.6 Å². The van der Waals surface area contributed by atoms with Crippen molar-refractivity contribution in [2.75, 3.05) is 25.5 Å². The van der Waals surface area contributed by atoms with Crippen molar-refractivity contribution in [3.8, 4) is 11.3 Å². The topological polar surface area (TPSA) is 82.5 Å². The summed E-state index contributed by atoms with van der Waals surface area (Å²) in [6.45, 7) is 1.52. The lowest BCUT2D eigenvalue weighted by Crippen LogP contribution is -2.58. The van der Waals surface area contributed by atoms with Crippen LogP contribution in [-0.2, 0) is 6.54 Å². The molecule has 2 aliphatic rings. The maximum Gasteiger partial charge on any atom is 0.253 e. The first-order chi connectivity index (χ1) is 18.9. The van der Waals surface area contributed by atoms with Crippen molar-refractivity contribution in [3.05, 3.63) is 106 Å². The summed E-state index contributed by atoms with van der Waals surface area (Å²) in [5.74, 6) is -1.10. The van der Waals surface area contributed by atoms with E-state index >= 15 is 0 Å². The summed E-state index contributed by atoms with van der Waals surface area (Å²) in [5.41, 5.74) is 3.66. The van der Waals surface area contributed by atoms with Gasteiger partial charge in [-0.25, -0.2) is 18.7 Å². The minimum absolute atomic E-state index is 0.00769. The lowest BCUT2D eigenvalue weighted by atomic mass is 9.95. The lowest BCUT2D eigenvalue weighted by molar-refractivity contribution is 0.0577. The average molecular weight is 545 g/mol. The summed E-state index contributed by atoms with van der Waals surface area (Å²) in [6, 6.07) is 16.3. The van der Waals surface area contributed by atoms with Crippen LogP contribution in [0.1, 0.15) is 27.0 Å². The highest BCUT2D eigenvalue weighted by atomic mass is 35.5. The Balaban J connectivity index is 1.30. The van der Waals surface area contributed by atoms with Gasteiger partial charge in [0.2, 0.25) is 5.95 Å². The van der Waals surface area contributed by atoms with Crippen LogP contribution < -0.4 is 10.6 Å². The first-order valence-corrected chi connectivity index (χ1v) is 12.8. The third-order valence-corrected chi connectivity index (χ3v) is 7.16. The van der Waals surface area contributed by atoms with Crippen LogP contribution in [0, 0.1) is 11.6 Å². The molecule has 0 radical (unpaired) electrons. The molecule has 2 N–H and O–H groups in total. The van der Waals surface area contributed by atoms with E-state index in [9.17, 15) is 13.6 Å². The number of aromatic nitrogens is 2. The predicted octanol–water partition coefficient (Wildman–Crippen LogP) is 5.21. The van der Waals surface area contributed by atoms with E-state index in [0.29, 0.717) is 63.7 Å². The van der Waals surface area contributed by atoms with Crippen LogP contribution in [-0.4, -0.2) is 52.7 Å². The van der Waals surface area contributed by atoms with E-state index in [0.717, 1.165) is 0 Å². The van der Waals surface area contributed by atoms with E-state index in [1.807, 2.05) is 7.05 Å². The van der Waals surface area contributed by atoms with Gasteiger partial charge < -0.3 is 15.5 Å². The lowest BCUT2D eigenvalue weighted by Gasteiger charge is -2.39. The molecule has 3 aromatic carbocycles. The molecule has 0 atom stereocenters. The third kappa shape index (κ3) is 4.75. The minimum Gasteiger partial charge on any atom is -0.335 e. The summed E-state index contributed by atoms with van der Waals surface area (Å²) in [7, 11) is 1.89. The number of nitrogens with one attached hydrogen (secondary N) is 2. The molecule has 4 aromatic rings. The van der Waals surface area contributed by atoms with Gasteiger partial charge in [-0.1, -0.05) is 23.7 Å². The van der Waals surface area contributed by atoms with Gasteiger partial charge in [0.05, 0.1) is 23.5 Å². The molecule has 196 valence electrons. The molecule has 0 unspecified atom stereocenters. The standard InChI is InChI=1S/C29H23ClF2N6O/c1-33-20-14-38(15-20)28(39)16-5-8-19(9-6-16)36-29-35-13-17-12-34-27(25-23(31)3-2-4-24(25)32)22-11-18(30)7-10-21(22)26(17)37-29/h2-11,13,20,33H,12,14-15H2,1H3,(H,35,36,37). The van der Waals surface area contributed by atoms with E-state index in [2.05, 4.69) is 20.6 Å². The Hall–Kier alpha value is -4.21. The Labute approximate surface area is 228 Å². The highest BCUT2D eigenvalue weighted by molar-refractivity contribution is 6.31. The van der Waals surface area contributed by atoms with Gasteiger partial charge in [0.15, 0.2) is 0 Å². The number of likely N-dealkylation sites (N-methyl/N-ethyl adjacent to an activating group) is 1. The molecule has 7 nitrogen and oxygen atoms in total. The summed E-state index contributed by atoms with van der Waals surface area (Å²) >= 11 is 6.29. The van der Waals surface area contributed by atoms with Crippen LogP contribution in [0.5, 0.6) is 0 Å². The first kappa shape index (κ1) is 25.1. The van der Waals surface area contributed by atoms with Crippen molar-refractivity contribution in [3.63, 3.8) is 0 Å². The zero-order valence-corrected chi connectivity index (χ0v) is 21.6. The molecule has 1 saturated heterocycles. The number of anilines is 2. The summed E-state index contributed by atoms with van der Waals surface area (Å²) in [4.78, 5) is 28.2. The minimum atomic E-state index is -0.711. The number of benzene rings is 3. The van der Waals surface area contributed by atoms with Crippen molar-refractivity contribution < 1.29 is 13.6 Å². The maximum atomic E-state index is 14.8. The Morgan fingerprint density at radius 1 is 1.03 bits per heavy atom. The number of amides is 1. The number of hydrogen-bond acceptors (Lipinski definition) is 6. The summed E-state index contributed by atoms with van der Waals surface area (Å²) < 4.78 is 29.5. The van der Waals surface area contributed by atoms with Crippen LogP contribution in [0.3, 0.4) is 0 Å². The van der Waals surface area contributed by atoms with Crippen LogP contribution in [0.2, 0.25) is 5.02 Å². The molecule has 1 fully saturated rings. The average Bonchev–Trinajstić information content (AvgIpc) is 3.05. The van der Waals surface area contributed by atoms with Crippen molar-refractivity contribution in [2.24, 2.45) is 4.99 Å². The van der Waals surface area contributed by atoms with Gasteiger partial charge in [0, 0.05) is 58.3 Å². The van der Waals surface area contributed by atoms with Gasteiger partial charge in [-0.2, -0.15) is 0 Å². The monoisotopic (exact) mass is 544 g/mol.